The number of carbonyl (C=O) groups excluding carboxylic acids is 1. The Labute approximate surface area is 162 Å². The first-order valence-corrected chi connectivity index (χ1v) is 8.80. The Kier molecular flexibility index (Phi) is 6.13. The summed E-state index contributed by atoms with van der Waals surface area (Å²) in [4.78, 5) is 22.2. The van der Waals surface area contributed by atoms with Gasteiger partial charge in [-0.2, -0.15) is 0 Å². The van der Waals surface area contributed by atoms with Crippen molar-refractivity contribution in [3.8, 4) is 17.5 Å². The minimum Gasteiger partial charge on any atom is -0.493 e. The zero-order chi connectivity index (χ0) is 19.2. The lowest BCUT2D eigenvalue weighted by atomic mass is 10.2. The molecule has 1 amide bonds. The number of ether oxygens (including phenoxy) is 3. The second-order valence-electron chi connectivity index (χ2n) is 5.94. The van der Waals surface area contributed by atoms with Gasteiger partial charge in [0.15, 0.2) is 11.5 Å². The lowest BCUT2D eigenvalue weighted by Crippen LogP contribution is -2.29. The molecule has 1 aliphatic heterocycles. The summed E-state index contributed by atoms with van der Waals surface area (Å²) < 4.78 is 16.2. The van der Waals surface area contributed by atoms with E-state index in [1.54, 1.807) is 37.3 Å². The van der Waals surface area contributed by atoms with Crippen LogP contribution in [-0.2, 0) is 4.79 Å². The molecule has 1 aromatic carbocycles. The summed E-state index contributed by atoms with van der Waals surface area (Å²) in [5, 5.41) is 0.450. The highest BCUT2D eigenvalue weighted by Gasteiger charge is 2.27. The minimum atomic E-state index is -0.135. The van der Waals surface area contributed by atoms with E-state index in [0.717, 1.165) is 12.0 Å². The van der Waals surface area contributed by atoms with E-state index in [1.807, 2.05) is 12.1 Å². The number of nitrogens with zero attached hydrogens (tertiary/aromatic N) is 3. The molecular formula is C19H20ClN3O4. The molecule has 1 atom stereocenters. The molecule has 8 heteroatoms. The molecule has 2 heterocycles. The van der Waals surface area contributed by atoms with Gasteiger partial charge in [-0.15, -0.1) is 0 Å². The summed E-state index contributed by atoms with van der Waals surface area (Å²) in [6.45, 7) is 1.11. The van der Waals surface area contributed by atoms with Gasteiger partial charge in [0.2, 0.25) is 5.91 Å². The Morgan fingerprint density at radius 3 is 2.67 bits per heavy atom. The predicted molar refractivity (Wildman–Crippen MR) is 101 cm³/mol. The second-order valence-corrected chi connectivity index (χ2v) is 6.38. The summed E-state index contributed by atoms with van der Waals surface area (Å²) in [7, 11) is 3.16. The van der Waals surface area contributed by atoms with Gasteiger partial charge in [-0.05, 0) is 23.8 Å². The predicted octanol–water partition coefficient (Wildman–Crippen LogP) is 2.84. The van der Waals surface area contributed by atoms with Crippen LogP contribution in [0, 0.1) is 0 Å². The van der Waals surface area contributed by atoms with E-state index in [-0.39, 0.29) is 18.0 Å². The third kappa shape index (κ3) is 4.89. The number of rotatable bonds is 6. The number of hydrogen-bond donors (Lipinski definition) is 0. The highest BCUT2D eigenvalue weighted by molar-refractivity contribution is 6.30. The minimum absolute atomic E-state index is 0.0760. The van der Waals surface area contributed by atoms with Crippen molar-refractivity contribution >= 4 is 23.6 Å². The van der Waals surface area contributed by atoms with Crippen molar-refractivity contribution in [3.63, 3.8) is 0 Å². The van der Waals surface area contributed by atoms with Crippen LogP contribution in [0.4, 0.5) is 0 Å². The van der Waals surface area contributed by atoms with E-state index in [0.29, 0.717) is 29.6 Å². The monoisotopic (exact) mass is 389 g/mol. The van der Waals surface area contributed by atoms with Gasteiger partial charge >= 0.3 is 6.01 Å². The van der Waals surface area contributed by atoms with Gasteiger partial charge in [0.25, 0.3) is 0 Å². The number of carbonyl (C=O) groups is 1. The number of halogens is 1. The molecule has 1 fully saturated rings. The molecule has 0 saturated carbocycles. The van der Waals surface area contributed by atoms with Crippen LogP contribution in [0.2, 0.25) is 5.02 Å². The van der Waals surface area contributed by atoms with E-state index in [4.69, 9.17) is 25.8 Å². The van der Waals surface area contributed by atoms with Gasteiger partial charge in [0.05, 0.1) is 38.2 Å². The van der Waals surface area contributed by atoms with E-state index in [1.165, 1.54) is 12.4 Å². The number of benzene rings is 1. The molecule has 142 valence electrons. The maximum absolute atomic E-state index is 12.4. The van der Waals surface area contributed by atoms with Crippen molar-refractivity contribution in [3.05, 3.63) is 47.3 Å². The van der Waals surface area contributed by atoms with Crippen LogP contribution in [0.1, 0.15) is 12.0 Å². The SMILES string of the molecule is COc1ccc(/C=C/C(=O)N2CC[C@@H](Oc3ncc(Cl)cn3)C2)cc1OC. The largest absolute Gasteiger partial charge is 0.493 e. The average Bonchev–Trinajstić information content (AvgIpc) is 3.16. The molecule has 27 heavy (non-hydrogen) atoms. The zero-order valence-corrected chi connectivity index (χ0v) is 15.8. The average molecular weight is 390 g/mol. The molecule has 0 bridgehead atoms. The lowest BCUT2D eigenvalue weighted by molar-refractivity contribution is -0.125. The van der Waals surface area contributed by atoms with Crippen LogP contribution < -0.4 is 14.2 Å². The van der Waals surface area contributed by atoms with Crippen LogP contribution in [0.5, 0.6) is 17.5 Å². The van der Waals surface area contributed by atoms with E-state index in [2.05, 4.69) is 9.97 Å². The molecule has 1 aliphatic rings. The molecule has 3 rings (SSSR count). The van der Waals surface area contributed by atoms with Gasteiger partial charge in [-0.25, -0.2) is 9.97 Å². The van der Waals surface area contributed by atoms with E-state index in [9.17, 15) is 4.79 Å². The molecule has 0 unspecified atom stereocenters. The highest BCUT2D eigenvalue weighted by atomic mass is 35.5. The number of amides is 1. The zero-order valence-electron chi connectivity index (χ0n) is 15.1. The fraction of sp³-hybridized carbons (Fsp3) is 0.316. The van der Waals surface area contributed by atoms with E-state index < -0.39 is 0 Å². The normalized spacial score (nSPS) is 16.6. The molecule has 1 aromatic heterocycles. The van der Waals surface area contributed by atoms with Gasteiger partial charge in [0, 0.05) is 19.0 Å². The van der Waals surface area contributed by atoms with Crippen molar-refractivity contribution in [2.75, 3.05) is 27.3 Å². The first kappa shape index (κ1) is 19.0. The fourth-order valence-corrected chi connectivity index (χ4v) is 2.86. The smallest absolute Gasteiger partial charge is 0.316 e. The summed E-state index contributed by atoms with van der Waals surface area (Å²) >= 11 is 5.76. The second kappa shape index (κ2) is 8.73. The molecule has 0 N–H and O–H groups in total. The van der Waals surface area contributed by atoms with Crippen LogP contribution in [-0.4, -0.2) is 54.2 Å². The molecule has 7 nitrogen and oxygen atoms in total. The van der Waals surface area contributed by atoms with Gasteiger partial charge in [-0.3, -0.25) is 4.79 Å². The fourth-order valence-electron chi connectivity index (χ4n) is 2.76. The molecule has 2 aromatic rings. The Balaban J connectivity index is 1.57. The van der Waals surface area contributed by atoms with Crippen LogP contribution in [0.3, 0.4) is 0 Å². The molecule has 0 radical (unpaired) electrons. The quantitative estimate of drug-likeness (QED) is 0.707. The van der Waals surface area contributed by atoms with Crippen molar-refractivity contribution in [1.29, 1.82) is 0 Å². The van der Waals surface area contributed by atoms with Gasteiger partial charge < -0.3 is 19.1 Å². The molecule has 1 saturated heterocycles. The third-order valence-corrected chi connectivity index (χ3v) is 4.35. The summed E-state index contributed by atoms with van der Waals surface area (Å²) in [6.07, 6.45) is 6.84. The maximum Gasteiger partial charge on any atom is 0.316 e. The van der Waals surface area contributed by atoms with Crippen molar-refractivity contribution in [1.82, 2.24) is 14.9 Å². The standard InChI is InChI=1S/C19H20ClN3O4/c1-25-16-5-3-13(9-17(16)26-2)4-6-18(24)23-8-7-15(12-23)27-19-21-10-14(20)11-22-19/h3-6,9-11,15H,7-8,12H2,1-2H3/b6-4+/t15-/m1/s1. The first-order valence-electron chi connectivity index (χ1n) is 8.42. The Hall–Kier alpha value is -2.80. The molecule has 0 aliphatic carbocycles. The maximum atomic E-state index is 12.4. The Morgan fingerprint density at radius 2 is 1.96 bits per heavy atom. The van der Waals surface area contributed by atoms with E-state index >= 15 is 0 Å². The van der Waals surface area contributed by atoms with Crippen molar-refractivity contribution in [2.24, 2.45) is 0 Å². The summed E-state index contributed by atoms with van der Waals surface area (Å²) in [5.74, 6) is 1.18. The summed E-state index contributed by atoms with van der Waals surface area (Å²) in [5.41, 5.74) is 0.850. The van der Waals surface area contributed by atoms with Gasteiger partial charge in [0.1, 0.15) is 6.10 Å². The van der Waals surface area contributed by atoms with Crippen LogP contribution >= 0.6 is 11.6 Å². The van der Waals surface area contributed by atoms with Crippen LogP contribution in [0.15, 0.2) is 36.7 Å². The number of hydrogen-bond acceptors (Lipinski definition) is 6. The van der Waals surface area contributed by atoms with Crippen molar-refractivity contribution < 1.29 is 19.0 Å². The summed E-state index contributed by atoms with van der Waals surface area (Å²) in [6, 6.07) is 5.74. The van der Waals surface area contributed by atoms with Crippen molar-refractivity contribution in [2.45, 2.75) is 12.5 Å². The number of methoxy groups -OCH3 is 2. The Bertz CT molecular complexity index is 826. The number of aromatic nitrogens is 2. The topological polar surface area (TPSA) is 73.8 Å². The lowest BCUT2D eigenvalue weighted by Gasteiger charge is -2.14. The van der Waals surface area contributed by atoms with Gasteiger partial charge in [-0.1, -0.05) is 17.7 Å². The van der Waals surface area contributed by atoms with Crippen LogP contribution in [0.25, 0.3) is 6.08 Å². The first-order chi connectivity index (χ1) is 13.1. The molecule has 0 spiro atoms. The molecular weight excluding hydrogens is 370 g/mol. The Morgan fingerprint density at radius 1 is 1.22 bits per heavy atom. The third-order valence-electron chi connectivity index (χ3n) is 4.15. The highest BCUT2D eigenvalue weighted by Crippen LogP contribution is 2.28. The number of likely N-dealkylation sites (tertiary alicyclic amines) is 1.